The van der Waals surface area contributed by atoms with Gasteiger partial charge in [0, 0.05) is 33.1 Å². The third kappa shape index (κ3) is 3.70. The molecule has 11 heteroatoms. The maximum Gasteiger partial charge on any atom is 0.287 e. The lowest BCUT2D eigenvalue weighted by Gasteiger charge is -2.28. The molecular weight excluding hydrogens is 481 g/mol. The average Bonchev–Trinajstić information content (AvgIpc) is 3.41. The van der Waals surface area contributed by atoms with Gasteiger partial charge in [-0.1, -0.05) is 29.8 Å². The first-order valence-corrected chi connectivity index (χ1v) is 11.5. The van der Waals surface area contributed by atoms with Crippen LogP contribution in [0.15, 0.2) is 47.8 Å². The minimum Gasteiger partial charge on any atom is -0.352 e. The normalized spacial score (nSPS) is 15.0. The van der Waals surface area contributed by atoms with Gasteiger partial charge in [-0.3, -0.25) is 14.4 Å². The van der Waals surface area contributed by atoms with Crippen LogP contribution in [0.3, 0.4) is 0 Å². The molecule has 1 aliphatic rings. The smallest absolute Gasteiger partial charge is 0.287 e. The summed E-state index contributed by atoms with van der Waals surface area (Å²) in [7, 11) is 1.43. The van der Waals surface area contributed by atoms with E-state index < -0.39 is 29.6 Å². The predicted molar refractivity (Wildman–Crippen MR) is 127 cm³/mol. The molecule has 0 spiro atoms. The molecule has 0 aliphatic carbocycles. The number of carbonyl (C=O) groups is 3. The molecule has 1 aliphatic heterocycles. The van der Waals surface area contributed by atoms with Gasteiger partial charge < -0.3 is 20.5 Å². The van der Waals surface area contributed by atoms with E-state index in [1.165, 1.54) is 41.2 Å². The van der Waals surface area contributed by atoms with Crippen molar-refractivity contribution in [2.24, 2.45) is 0 Å². The zero-order valence-corrected chi connectivity index (χ0v) is 19.3. The lowest BCUT2D eigenvalue weighted by Crippen LogP contribution is -2.41. The molecular formula is C23H17ClFN5O3S. The Labute approximate surface area is 201 Å². The first-order valence-electron chi connectivity index (χ1n) is 10.2. The quantitative estimate of drug-likeness (QED) is 0.399. The van der Waals surface area contributed by atoms with Gasteiger partial charge in [0.05, 0.1) is 17.3 Å². The van der Waals surface area contributed by atoms with E-state index in [-0.39, 0.29) is 28.8 Å². The van der Waals surface area contributed by atoms with Crippen LogP contribution in [-0.4, -0.2) is 34.3 Å². The summed E-state index contributed by atoms with van der Waals surface area (Å²) < 4.78 is 16.4. The summed E-state index contributed by atoms with van der Waals surface area (Å²) in [5, 5.41) is 10.8. The third-order valence-electron chi connectivity index (χ3n) is 5.54. The molecule has 0 fully saturated rings. The lowest BCUT2D eigenvalue weighted by molar-refractivity contribution is -0.123. The average molecular weight is 498 g/mol. The van der Waals surface area contributed by atoms with Gasteiger partial charge in [-0.2, -0.15) is 0 Å². The number of rotatable bonds is 4. The van der Waals surface area contributed by atoms with Gasteiger partial charge in [0.15, 0.2) is 5.82 Å². The summed E-state index contributed by atoms with van der Waals surface area (Å²) in [4.78, 5) is 42.6. The number of aromatic nitrogens is 2. The number of hydrogen-bond donors (Lipinski definition) is 3. The van der Waals surface area contributed by atoms with Crippen LogP contribution in [0.5, 0.6) is 0 Å². The monoisotopic (exact) mass is 497 g/mol. The highest BCUT2D eigenvalue weighted by Crippen LogP contribution is 2.36. The van der Waals surface area contributed by atoms with Crippen LogP contribution in [0.4, 0.5) is 10.2 Å². The summed E-state index contributed by atoms with van der Waals surface area (Å²) in [6.07, 6.45) is 0. The third-order valence-corrected chi connectivity index (χ3v) is 6.85. The fraction of sp³-hybridized carbons (Fsp3) is 0.130. The molecule has 5 rings (SSSR count). The SMILES string of the molecule is CNC(=O)c1nc(NC(=O)c2csc3ccccc23)c2n1CC(=O)NC2c1cc(F)ccc1Cl. The fourth-order valence-electron chi connectivity index (χ4n) is 4.00. The maximum absolute atomic E-state index is 14.1. The van der Waals surface area contributed by atoms with Gasteiger partial charge in [0.25, 0.3) is 11.8 Å². The molecule has 3 heterocycles. The van der Waals surface area contributed by atoms with Crippen molar-refractivity contribution in [1.82, 2.24) is 20.2 Å². The highest BCUT2D eigenvalue weighted by atomic mass is 35.5. The van der Waals surface area contributed by atoms with Crippen molar-refractivity contribution in [2.75, 3.05) is 12.4 Å². The minimum absolute atomic E-state index is 0.0599. The predicted octanol–water partition coefficient (Wildman–Crippen LogP) is 3.72. The number of amides is 3. The molecule has 2 aromatic heterocycles. The first-order chi connectivity index (χ1) is 16.4. The van der Waals surface area contributed by atoms with Crippen molar-refractivity contribution in [1.29, 1.82) is 0 Å². The van der Waals surface area contributed by atoms with Crippen molar-refractivity contribution in [3.05, 3.63) is 81.3 Å². The van der Waals surface area contributed by atoms with E-state index in [0.717, 1.165) is 10.1 Å². The van der Waals surface area contributed by atoms with Crippen molar-refractivity contribution in [2.45, 2.75) is 12.6 Å². The van der Waals surface area contributed by atoms with Crippen molar-refractivity contribution in [3.63, 3.8) is 0 Å². The Hall–Kier alpha value is -3.76. The second-order valence-electron chi connectivity index (χ2n) is 7.60. The highest BCUT2D eigenvalue weighted by Gasteiger charge is 2.36. The van der Waals surface area contributed by atoms with Crippen LogP contribution < -0.4 is 16.0 Å². The largest absolute Gasteiger partial charge is 0.352 e. The second kappa shape index (κ2) is 8.54. The molecule has 34 heavy (non-hydrogen) atoms. The van der Waals surface area contributed by atoms with Crippen molar-refractivity contribution >= 4 is 56.6 Å². The lowest BCUT2D eigenvalue weighted by atomic mass is 10.0. The number of nitrogens with one attached hydrogen (secondary N) is 3. The van der Waals surface area contributed by atoms with Crippen LogP contribution in [0.25, 0.3) is 10.1 Å². The summed E-state index contributed by atoms with van der Waals surface area (Å²) in [6, 6.07) is 10.3. The van der Waals surface area contributed by atoms with Gasteiger partial charge in [-0.15, -0.1) is 11.3 Å². The van der Waals surface area contributed by atoms with Crippen LogP contribution >= 0.6 is 22.9 Å². The first kappa shape index (κ1) is 22.1. The standard InChI is InChI=1S/C23H17ClFN5O3S/c1-26-23(33)21-28-20(29-22(32)14-10-34-16-5-3-2-4-12(14)16)19-18(27-17(31)9-30(19)21)13-8-11(25)6-7-15(13)24/h2-8,10,18H,9H2,1H3,(H,26,33)(H,27,31)(H,29,32). The molecule has 0 radical (unpaired) electrons. The Kier molecular flexibility index (Phi) is 5.54. The van der Waals surface area contributed by atoms with Gasteiger partial charge in [-0.05, 0) is 24.3 Å². The topological polar surface area (TPSA) is 105 Å². The molecule has 2 aromatic carbocycles. The van der Waals surface area contributed by atoms with Crippen LogP contribution in [0.2, 0.25) is 5.02 Å². The number of benzene rings is 2. The van der Waals surface area contributed by atoms with E-state index in [9.17, 15) is 18.8 Å². The Morgan fingerprint density at radius 2 is 2.03 bits per heavy atom. The molecule has 8 nitrogen and oxygen atoms in total. The van der Waals surface area contributed by atoms with Gasteiger partial charge in [0.2, 0.25) is 11.7 Å². The van der Waals surface area contributed by atoms with Crippen LogP contribution in [0.1, 0.15) is 38.3 Å². The maximum atomic E-state index is 14.1. The van der Waals surface area contributed by atoms with Crippen molar-refractivity contribution < 1.29 is 18.8 Å². The van der Waals surface area contributed by atoms with E-state index in [0.29, 0.717) is 11.3 Å². The zero-order chi connectivity index (χ0) is 24.0. The molecule has 0 saturated carbocycles. The second-order valence-corrected chi connectivity index (χ2v) is 8.92. The van der Waals surface area contributed by atoms with Crippen LogP contribution in [0, 0.1) is 5.82 Å². The summed E-state index contributed by atoms with van der Waals surface area (Å²) in [5.74, 6) is -1.92. The summed E-state index contributed by atoms with van der Waals surface area (Å²) >= 11 is 7.76. The van der Waals surface area contributed by atoms with E-state index in [2.05, 4.69) is 20.9 Å². The molecule has 1 unspecified atom stereocenters. The molecule has 3 amide bonds. The summed E-state index contributed by atoms with van der Waals surface area (Å²) in [5.41, 5.74) is 1.04. The van der Waals surface area contributed by atoms with E-state index in [1.807, 2.05) is 24.3 Å². The number of halogens is 2. The minimum atomic E-state index is -0.940. The van der Waals surface area contributed by atoms with Crippen molar-refractivity contribution in [3.8, 4) is 0 Å². The molecule has 172 valence electrons. The summed E-state index contributed by atoms with van der Waals surface area (Å²) in [6.45, 7) is -0.203. The van der Waals surface area contributed by atoms with Gasteiger partial charge in [-0.25, -0.2) is 9.37 Å². The number of carbonyl (C=O) groups excluding carboxylic acids is 3. The van der Waals surface area contributed by atoms with Crippen LogP contribution in [-0.2, 0) is 11.3 Å². The zero-order valence-electron chi connectivity index (χ0n) is 17.7. The number of thiophene rings is 1. The Bertz CT molecular complexity index is 1480. The highest BCUT2D eigenvalue weighted by molar-refractivity contribution is 7.17. The van der Waals surface area contributed by atoms with E-state index in [4.69, 9.17) is 11.6 Å². The van der Waals surface area contributed by atoms with Gasteiger partial charge in [0.1, 0.15) is 12.4 Å². The number of fused-ring (bicyclic) bond motifs is 2. The fourth-order valence-corrected chi connectivity index (χ4v) is 5.17. The molecule has 1 atom stereocenters. The molecule has 0 bridgehead atoms. The Morgan fingerprint density at radius 3 is 2.82 bits per heavy atom. The molecule has 4 aromatic rings. The Balaban J connectivity index is 1.64. The molecule has 0 saturated heterocycles. The number of hydrogen-bond acceptors (Lipinski definition) is 5. The molecule has 3 N–H and O–H groups in total. The van der Waals surface area contributed by atoms with Gasteiger partial charge >= 0.3 is 0 Å². The number of nitrogens with zero attached hydrogens (tertiary/aromatic N) is 2. The van der Waals surface area contributed by atoms with E-state index in [1.54, 1.807) is 5.38 Å². The number of anilines is 1. The number of imidazole rings is 1. The van der Waals surface area contributed by atoms with E-state index >= 15 is 0 Å². The Morgan fingerprint density at radius 1 is 1.24 bits per heavy atom.